The minimum atomic E-state index is -0.522. The summed E-state index contributed by atoms with van der Waals surface area (Å²) in [4.78, 5) is 23.3. The number of nitrogens with one attached hydrogen (secondary N) is 1. The summed E-state index contributed by atoms with van der Waals surface area (Å²) < 4.78 is 10.1. The first-order valence-corrected chi connectivity index (χ1v) is 7.82. The lowest BCUT2D eigenvalue weighted by Crippen LogP contribution is -2.30. The number of unbranched alkanes of at least 4 members (excludes halogenated alkanes) is 2. The van der Waals surface area contributed by atoms with Gasteiger partial charge >= 0.3 is 5.97 Å². The molecule has 5 nitrogen and oxygen atoms in total. The average Bonchev–Trinajstić information content (AvgIpc) is 2.57. The van der Waals surface area contributed by atoms with Gasteiger partial charge in [-0.15, -0.1) is 6.58 Å². The van der Waals surface area contributed by atoms with Crippen molar-refractivity contribution in [2.75, 3.05) is 19.0 Å². The number of esters is 1. The Morgan fingerprint density at radius 1 is 1.22 bits per heavy atom. The number of anilines is 1. The zero-order valence-corrected chi connectivity index (χ0v) is 13.6. The number of amides is 1. The third-order valence-electron chi connectivity index (χ3n) is 3.32. The van der Waals surface area contributed by atoms with Gasteiger partial charge in [-0.2, -0.15) is 0 Å². The monoisotopic (exact) mass is 319 g/mol. The van der Waals surface area contributed by atoms with Gasteiger partial charge in [0.2, 0.25) is 0 Å². The van der Waals surface area contributed by atoms with Crippen LogP contribution in [0.3, 0.4) is 0 Å². The molecule has 1 unspecified atom stereocenters. The smallest absolute Gasteiger partial charge is 0.305 e. The van der Waals surface area contributed by atoms with Crippen molar-refractivity contribution in [2.24, 2.45) is 0 Å². The van der Waals surface area contributed by atoms with E-state index in [1.807, 2.05) is 30.3 Å². The molecular formula is C18H25NO4. The van der Waals surface area contributed by atoms with E-state index in [-0.39, 0.29) is 11.9 Å². The summed E-state index contributed by atoms with van der Waals surface area (Å²) in [5.41, 5.74) is 0.746. The van der Waals surface area contributed by atoms with Crippen LogP contribution in [0.2, 0.25) is 0 Å². The van der Waals surface area contributed by atoms with Gasteiger partial charge in [-0.1, -0.05) is 37.1 Å². The molecule has 0 aliphatic carbocycles. The van der Waals surface area contributed by atoms with E-state index in [2.05, 4.69) is 16.6 Å². The molecule has 5 heteroatoms. The normalized spacial score (nSPS) is 11.5. The average molecular weight is 319 g/mol. The van der Waals surface area contributed by atoms with Crippen molar-refractivity contribution in [3.05, 3.63) is 43.0 Å². The molecule has 23 heavy (non-hydrogen) atoms. The van der Waals surface area contributed by atoms with Gasteiger partial charge in [-0.25, -0.2) is 0 Å². The summed E-state index contributed by atoms with van der Waals surface area (Å²) in [5, 5.41) is 2.85. The van der Waals surface area contributed by atoms with Crippen LogP contribution in [-0.2, 0) is 19.1 Å². The van der Waals surface area contributed by atoms with E-state index in [0.29, 0.717) is 19.4 Å². The molecule has 1 N–H and O–H groups in total. The maximum Gasteiger partial charge on any atom is 0.305 e. The minimum absolute atomic E-state index is 0.161. The van der Waals surface area contributed by atoms with Crippen LogP contribution in [0.4, 0.5) is 5.69 Å². The lowest BCUT2D eigenvalue weighted by molar-refractivity contribution is -0.140. The first kappa shape index (κ1) is 18.9. The van der Waals surface area contributed by atoms with Crippen LogP contribution in [0.15, 0.2) is 43.0 Å². The standard InChI is InChI=1S/C18H25NO4/c1-3-14-23-16(12-8-5-9-13-17(20)22-2)18(21)19-15-10-6-4-7-11-15/h3-4,6-7,10-11,16H,1,5,8-9,12-14H2,2H3,(H,19,21). The fraction of sp³-hybridized carbons (Fsp3) is 0.444. The molecule has 0 heterocycles. The SMILES string of the molecule is C=CCOC(CCCCCC(=O)OC)C(=O)Nc1ccccc1. The molecular weight excluding hydrogens is 294 g/mol. The molecule has 1 atom stereocenters. The summed E-state index contributed by atoms with van der Waals surface area (Å²) in [6.07, 6.45) is 4.52. The predicted octanol–water partition coefficient (Wildman–Crippen LogP) is 3.32. The van der Waals surface area contributed by atoms with Gasteiger partial charge < -0.3 is 14.8 Å². The second-order valence-electron chi connectivity index (χ2n) is 5.14. The lowest BCUT2D eigenvalue weighted by atomic mass is 10.1. The van der Waals surface area contributed by atoms with E-state index in [0.717, 1.165) is 24.9 Å². The highest BCUT2D eigenvalue weighted by Gasteiger charge is 2.18. The largest absolute Gasteiger partial charge is 0.469 e. The summed E-state index contributed by atoms with van der Waals surface area (Å²) in [6.45, 7) is 3.93. The van der Waals surface area contributed by atoms with Gasteiger partial charge in [0.15, 0.2) is 0 Å². The molecule has 0 saturated carbocycles. The predicted molar refractivity (Wildman–Crippen MR) is 90.1 cm³/mol. The van der Waals surface area contributed by atoms with Gasteiger partial charge in [0, 0.05) is 12.1 Å². The number of benzene rings is 1. The van der Waals surface area contributed by atoms with Gasteiger partial charge in [0.05, 0.1) is 13.7 Å². The number of hydrogen-bond acceptors (Lipinski definition) is 4. The zero-order valence-electron chi connectivity index (χ0n) is 13.6. The lowest BCUT2D eigenvalue weighted by Gasteiger charge is -2.17. The van der Waals surface area contributed by atoms with Gasteiger partial charge in [-0.3, -0.25) is 9.59 Å². The third-order valence-corrected chi connectivity index (χ3v) is 3.32. The summed E-state index contributed by atoms with van der Waals surface area (Å²) in [7, 11) is 1.38. The molecule has 1 rings (SSSR count). The van der Waals surface area contributed by atoms with Crippen LogP contribution in [0, 0.1) is 0 Å². The van der Waals surface area contributed by atoms with E-state index in [4.69, 9.17) is 4.74 Å². The Labute approximate surface area is 137 Å². The van der Waals surface area contributed by atoms with E-state index in [1.165, 1.54) is 7.11 Å². The number of hydrogen-bond donors (Lipinski definition) is 1. The maximum atomic E-state index is 12.3. The van der Waals surface area contributed by atoms with Crippen LogP contribution in [0.25, 0.3) is 0 Å². The Balaban J connectivity index is 2.40. The molecule has 0 radical (unpaired) electrons. The molecule has 1 aromatic carbocycles. The van der Waals surface area contributed by atoms with Gasteiger partial charge in [0.25, 0.3) is 5.91 Å². The molecule has 0 spiro atoms. The summed E-state index contributed by atoms with van der Waals surface area (Å²) >= 11 is 0. The van der Waals surface area contributed by atoms with Crippen LogP contribution in [0.5, 0.6) is 0 Å². The fourth-order valence-electron chi connectivity index (χ4n) is 2.10. The van der Waals surface area contributed by atoms with E-state index >= 15 is 0 Å². The number of para-hydroxylation sites is 1. The van der Waals surface area contributed by atoms with Crippen LogP contribution < -0.4 is 5.32 Å². The molecule has 1 aromatic rings. The van der Waals surface area contributed by atoms with E-state index in [9.17, 15) is 9.59 Å². The number of carbonyl (C=O) groups is 2. The molecule has 0 saturated heterocycles. The highest BCUT2D eigenvalue weighted by molar-refractivity contribution is 5.94. The molecule has 1 amide bonds. The van der Waals surface area contributed by atoms with Crippen LogP contribution in [-0.4, -0.2) is 31.7 Å². The Morgan fingerprint density at radius 3 is 2.61 bits per heavy atom. The summed E-state index contributed by atoms with van der Waals surface area (Å²) in [5.74, 6) is -0.364. The summed E-state index contributed by atoms with van der Waals surface area (Å²) in [6, 6.07) is 9.28. The van der Waals surface area contributed by atoms with Crippen molar-refractivity contribution in [1.82, 2.24) is 0 Å². The van der Waals surface area contributed by atoms with Crippen LogP contribution >= 0.6 is 0 Å². The van der Waals surface area contributed by atoms with Crippen molar-refractivity contribution in [2.45, 2.75) is 38.2 Å². The molecule has 0 aliphatic rings. The van der Waals surface area contributed by atoms with Crippen molar-refractivity contribution in [3.63, 3.8) is 0 Å². The maximum absolute atomic E-state index is 12.3. The Hall–Kier alpha value is -2.14. The Morgan fingerprint density at radius 2 is 1.96 bits per heavy atom. The van der Waals surface area contributed by atoms with Crippen molar-refractivity contribution in [1.29, 1.82) is 0 Å². The molecule has 126 valence electrons. The Kier molecular flexibility index (Phi) is 9.40. The Bertz CT molecular complexity index is 487. The number of carbonyl (C=O) groups excluding carboxylic acids is 2. The van der Waals surface area contributed by atoms with E-state index in [1.54, 1.807) is 6.08 Å². The molecule has 0 aromatic heterocycles. The van der Waals surface area contributed by atoms with Gasteiger partial charge in [0.1, 0.15) is 6.10 Å². The van der Waals surface area contributed by atoms with Crippen molar-refractivity contribution < 1.29 is 19.1 Å². The zero-order chi connectivity index (χ0) is 16.9. The number of methoxy groups -OCH3 is 1. The van der Waals surface area contributed by atoms with E-state index < -0.39 is 6.10 Å². The second-order valence-corrected chi connectivity index (χ2v) is 5.14. The molecule has 0 bridgehead atoms. The quantitative estimate of drug-likeness (QED) is 0.386. The number of rotatable bonds is 11. The topological polar surface area (TPSA) is 64.6 Å². The third kappa shape index (κ3) is 8.16. The highest BCUT2D eigenvalue weighted by atomic mass is 16.5. The van der Waals surface area contributed by atoms with Gasteiger partial charge in [-0.05, 0) is 25.0 Å². The first-order chi connectivity index (χ1) is 11.2. The molecule has 0 aliphatic heterocycles. The highest BCUT2D eigenvalue weighted by Crippen LogP contribution is 2.12. The number of ether oxygens (including phenoxy) is 2. The fourth-order valence-corrected chi connectivity index (χ4v) is 2.10. The minimum Gasteiger partial charge on any atom is -0.469 e. The second kappa shape index (κ2) is 11.4. The van der Waals surface area contributed by atoms with Crippen molar-refractivity contribution >= 4 is 17.6 Å². The van der Waals surface area contributed by atoms with Crippen molar-refractivity contribution in [3.8, 4) is 0 Å². The van der Waals surface area contributed by atoms with Crippen LogP contribution in [0.1, 0.15) is 32.1 Å². The molecule has 0 fully saturated rings. The first-order valence-electron chi connectivity index (χ1n) is 7.82.